The second-order valence-corrected chi connectivity index (χ2v) is 6.15. The van der Waals surface area contributed by atoms with Crippen LogP contribution < -0.4 is 5.43 Å². The molecule has 1 aliphatic heterocycles. The van der Waals surface area contributed by atoms with E-state index in [0.717, 1.165) is 36.6 Å². The van der Waals surface area contributed by atoms with Crippen molar-refractivity contribution in [3.05, 3.63) is 46.3 Å². The Balaban J connectivity index is 1.96. The van der Waals surface area contributed by atoms with Gasteiger partial charge in [0, 0.05) is 24.1 Å². The maximum absolute atomic E-state index is 12.2. The molecule has 3 heterocycles. The molecule has 1 amide bonds. The topological polar surface area (TPSA) is 99.2 Å². The highest BCUT2D eigenvalue weighted by atomic mass is 16.2. The Hall–Kier alpha value is -2.87. The molecule has 8 nitrogen and oxygen atoms in total. The zero-order valence-corrected chi connectivity index (χ0v) is 15.5. The molecule has 0 fully saturated rings. The van der Waals surface area contributed by atoms with Crippen LogP contribution in [0, 0.1) is 13.8 Å². The first-order valence-electron chi connectivity index (χ1n) is 8.69. The van der Waals surface area contributed by atoms with Gasteiger partial charge in [-0.25, -0.2) is 10.4 Å². The molecule has 0 aliphatic carbocycles. The van der Waals surface area contributed by atoms with Crippen LogP contribution in [0.25, 0.3) is 6.08 Å². The largest absolute Gasteiger partial charge is 0.359 e. The van der Waals surface area contributed by atoms with E-state index in [2.05, 4.69) is 63.3 Å². The zero-order chi connectivity index (χ0) is 18.7. The van der Waals surface area contributed by atoms with Gasteiger partial charge in [-0.05, 0) is 44.1 Å². The number of nitrogens with zero attached hydrogens (tertiary/aromatic N) is 5. The quantitative estimate of drug-likeness (QED) is 0.768. The van der Waals surface area contributed by atoms with E-state index >= 15 is 0 Å². The van der Waals surface area contributed by atoms with Crippen LogP contribution >= 0.6 is 0 Å². The fraction of sp³-hybridized carbons (Fsp3) is 0.389. The molecule has 0 spiro atoms. The molecule has 2 aromatic rings. The number of H-pyrrole nitrogens is 1. The van der Waals surface area contributed by atoms with Crippen LogP contribution in [-0.2, 0) is 11.3 Å². The average molecular weight is 353 g/mol. The van der Waals surface area contributed by atoms with Gasteiger partial charge in [-0.2, -0.15) is 10.2 Å². The number of aromatic nitrogens is 4. The second-order valence-electron chi connectivity index (χ2n) is 6.15. The third-order valence-corrected chi connectivity index (χ3v) is 4.66. The summed E-state index contributed by atoms with van der Waals surface area (Å²) in [7, 11) is 0. The smallest absolute Gasteiger partial charge is 0.273 e. The molecule has 26 heavy (non-hydrogen) atoms. The van der Waals surface area contributed by atoms with Crippen molar-refractivity contribution in [2.24, 2.45) is 5.10 Å². The third kappa shape index (κ3) is 3.41. The molecule has 0 bridgehead atoms. The maximum Gasteiger partial charge on any atom is 0.273 e. The van der Waals surface area contributed by atoms with E-state index in [1.54, 1.807) is 0 Å². The molecule has 136 valence electrons. The van der Waals surface area contributed by atoms with Crippen LogP contribution in [-0.4, -0.2) is 49.8 Å². The molecule has 0 atom stereocenters. The summed E-state index contributed by atoms with van der Waals surface area (Å²) >= 11 is 0. The number of carbonyl (C=O) groups is 1. The summed E-state index contributed by atoms with van der Waals surface area (Å²) < 4.78 is 0. The lowest BCUT2D eigenvalue weighted by Gasteiger charge is -2.18. The highest BCUT2D eigenvalue weighted by Gasteiger charge is 2.27. The van der Waals surface area contributed by atoms with E-state index in [9.17, 15) is 4.79 Å². The van der Waals surface area contributed by atoms with Gasteiger partial charge in [-0.1, -0.05) is 13.8 Å². The van der Waals surface area contributed by atoms with Crippen molar-refractivity contribution < 1.29 is 4.79 Å². The number of nitrogens with one attached hydrogen (secondary N) is 2. The SMILES string of the molecule is CCN(CC)Cc1c(C)[nH]c(C=C2C(=O)NN=C2c2nccnn2)c1C. The summed E-state index contributed by atoms with van der Waals surface area (Å²) in [5, 5.41) is 11.8. The lowest BCUT2D eigenvalue weighted by atomic mass is 10.1. The van der Waals surface area contributed by atoms with E-state index in [-0.39, 0.29) is 5.91 Å². The fourth-order valence-corrected chi connectivity index (χ4v) is 3.01. The van der Waals surface area contributed by atoms with Gasteiger partial charge in [0.25, 0.3) is 5.91 Å². The van der Waals surface area contributed by atoms with Gasteiger partial charge in [0.05, 0.1) is 11.8 Å². The molecule has 3 rings (SSSR count). The lowest BCUT2D eigenvalue weighted by molar-refractivity contribution is -0.116. The fourth-order valence-electron chi connectivity index (χ4n) is 3.01. The molecular formula is C18H23N7O. The minimum Gasteiger partial charge on any atom is -0.359 e. The Kier molecular flexibility index (Phi) is 5.22. The zero-order valence-electron chi connectivity index (χ0n) is 15.5. The highest BCUT2D eigenvalue weighted by Crippen LogP contribution is 2.23. The van der Waals surface area contributed by atoms with E-state index in [1.165, 1.54) is 18.0 Å². The monoisotopic (exact) mass is 353 g/mol. The Morgan fingerprint density at radius 3 is 2.62 bits per heavy atom. The Labute approximate surface area is 152 Å². The average Bonchev–Trinajstić information content (AvgIpc) is 3.14. The molecule has 0 saturated heterocycles. The molecule has 2 aromatic heterocycles. The van der Waals surface area contributed by atoms with Crippen LogP contribution in [0.1, 0.15) is 42.2 Å². The first kappa shape index (κ1) is 17.9. The summed E-state index contributed by atoms with van der Waals surface area (Å²) in [4.78, 5) is 22.1. The van der Waals surface area contributed by atoms with Crippen LogP contribution in [0.4, 0.5) is 0 Å². The van der Waals surface area contributed by atoms with Crippen molar-refractivity contribution in [1.82, 2.24) is 30.5 Å². The van der Waals surface area contributed by atoms with Gasteiger partial charge in [0.15, 0.2) is 0 Å². The van der Waals surface area contributed by atoms with E-state index in [4.69, 9.17) is 0 Å². The predicted octanol–water partition coefficient (Wildman–Crippen LogP) is 1.58. The minimum atomic E-state index is -0.274. The Morgan fingerprint density at radius 2 is 1.96 bits per heavy atom. The molecule has 0 radical (unpaired) electrons. The standard InChI is InChI=1S/C18H23N7O/c1-5-25(6-2)10-14-11(3)15(21-12(14)4)9-13-16(22-24-18(13)26)17-19-7-8-20-23-17/h7-9,21H,5-6,10H2,1-4H3,(H,24,26). The first-order valence-corrected chi connectivity index (χ1v) is 8.69. The van der Waals surface area contributed by atoms with Gasteiger partial charge in [-0.15, -0.1) is 5.10 Å². The van der Waals surface area contributed by atoms with E-state index in [0.29, 0.717) is 17.1 Å². The number of amides is 1. The predicted molar refractivity (Wildman–Crippen MR) is 99.4 cm³/mol. The Bertz CT molecular complexity index is 863. The van der Waals surface area contributed by atoms with Crippen LogP contribution in [0.3, 0.4) is 0 Å². The minimum absolute atomic E-state index is 0.274. The number of aromatic amines is 1. The second kappa shape index (κ2) is 7.57. The van der Waals surface area contributed by atoms with Crippen molar-refractivity contribution in [3.63, 3.8) is 0 Å². The summed E-state index contributed by atoms with van der Waals surface area (Å²) in [5.74, 6) is 0.0470. The molecule has 0 aromatic carbocycles. The van der Waals surface area contributed by atoms with Gasteiger partial charge < -0.3 is 4.98 Å². The van der Waals surface area contributed by atoms with Gasteiger partial charge in [0.2, 0.25) is 5.82 Å². The van der Waals surface area contributed by atoms with Gasteiger partial charge in [-0.3, -0.25) is 9.69 Å². The number of hydrogen-bond donors (Lipinski definition) is 2. The van der Waals surface area contributed by atoms with Crippen molar-refractivity contribution in [2.75, 3.05) is 13.1 Å². The number of carbonyl (C=O) groups excluding carboxylic acids is 1. The first-order chi connectivity index (χ1) is 12.5. The van der Waals surface area contributed by atoms with E-state index in [1.807, 2.05) is 6.08 Å². The van der Waals surface area contributed by atoms with Crippen molar-refractivity contribution in [3.8, 4) is 0 Å². The van der Waals surface area contributed by atoms with Crippen molar-refractivity contribution in [2.45, 2.75) is 34.2 Å². The van der Waals surface area contributed by atoms with Crippen LogP contribution in [0.2, 0.25) is 0 Å². The van der Waals surface area contributed by atoms with E-state index < -0.39 is 0 Å². The highest BCUT2D eigenvalue weighted by molar-refractivity contribution is 6.32. The molecule has 1 aliphatic rings. The molecule has 0 unspecified atom stereocenters. The van der Waals surface area contributed by atoms with Crippen LogP contribution in [0.15, 0.2) is 23.1 Å². The Morgan fingerprint density at radius 1 is 1.19 bits per heavy atom. The lowest BCUT2D eigenvalue weighted by Crippen LogP contribution is -2.22. The number of aryl methyl sites for hydroxylation is 1. The van der Waals surface area contributed by atoms with Crippen molar-refractivity contribution in [1.29, 1.82) is 0 Å². The summed E-state index contributed by atoms with van der Waals surface area (Å²) in [6.07, 6.45) is 4.82. The summed E-state index contributed by atoms with van der Waals surface area (Å²) in [5.41, 5.74) is 7.71. The van der Waals surface area contributed by atoms with Crippen molar-refractivity contribution >= 4 is 17.7 Å². The molecule has 0 saturated carbocycles. The van der Waals surface area contributed by atoms with Gasteiger partial charge in [0.1, 0.15) is 5.71 Å². The van der Waals surface area contributed by atoms with Crippen LogP contribution in [0.5, 0.6) is 0 Å². The number of hydrogen-bond acceptors (Lipinski definition) is 6. The number of rotatable bonds is 6. The van der Waals surface area contributed by atoms with Gasteiger partial charge >= 0.3 is 0 Å². The number of hydrazone groups is 1. The summed E-state index contributed by atoms with van der Waals surface area (Å²) in [6, 6.07) is 0. The molecule has 8 heteroatoms. The normalized spacial score (nSPS) is 15.7. The molecule has 2 N–H and O–H groups in total. The third-order valence-electron chi connectivity index (χ3n) is 4.66. The summed E-state index contributed by atoms with van der Waals surface area (Å²) in [6.45, 7) is 11.3. The maximum atomic E-state index is 12.2. The molecular weight excluding hydrogens is 330 g/mol.